The Morgan fingerprint density at radius 1 is 1.09 bits per heavy atom. The zero-order valence-corrected chi connectivity index (χ0v) is 14.6. The molecule has 0 aromatic carbocycles. The van der Waals surface area contributed by atoms with Gasteiger partial charge in [0, 0.05) is 13.3 Å². The highest BCUT2D eigenvalue weighted by atomic mass is 16.4. The summed E-state index contributed by atoms with van der Waals surface area (Å²) in [7, 11) is 0. The minimum atomic E-state index is -0.768. The van der Waals surface area contributed by atoms with E-state index >= 15 is 0 Å². The second-order valence-corrected chi connectivity index (χ2v) is 6.18. The number of unbranched alkanes of at least 4 members (excludes halogenated alkanes) is 7. The van der Waals surface area contributed by atoms with E-state index in [0.717, 1.165) is 30.9 Å². The van der Waals surface area contributed by atoms with E-state index in [1.54, 1.807) is 0 Å². The number of hydrogen-bond donors (Lipinski definition) is 1. The molecule has 0 saturated carbocycles. The average molecular weight is 309 g/mol. The molecule has 0 saturated heterocycles. The Morgan fingerprint density at radius 3 is 2.23 bits per heavy atom. The second kappa shape index (κ2) is 10.4. The maximum atomic E-state index is 11.0. The molecule has 1 N–H and O–H groups in total. The third kappa shape index (κ3) is 6.20. The van der Waals surface area contributed by atoms with Gasteiger partial charge in [-0.25, -0.2) is 13.9 Å². The molecular formula is C18H33N2O2+. The lowest BCUT2D eigenvalue weighted by atomic mass is 10.1. The Morgan fingerprint density at radius 2 is 1.68 bits per heavy atom. The number of imidazole rings is 1. The van der Waals surface area contributed by atoms with Crippen LogP contribution in [-0.4, -0.2) is 15.6 Å². The molecule has 0 radical (unpaired) electrons. The van der Waals surface area contributed by atoms with E-state index < -0.39 is 5.97 Å². The van der Waals surface area contributed by atoms with Crippen LogP contribution in [0.2, 0.25) is 0 Å². The van der Waals surface area contributed by atoms with Crippen molar-refractivity contribution in [2.75, 3.05) is 0 Å². The maximum absolute atomic E-state index is 11.0. The van der Waals surface area contributed by atoms with Crippen molar-refractivity contribution in [3.8, 4) is 0 Å². The number of nitrogens with zero attached hydrogens (tertiary/aromatic N) is 2. The minimum Gasteiger partial charge on any atom is -0.478 e. The Labute approximate surface area is 135 Å². The van der Waals surface area contributed by atoms with Crippen molar-refractivity contribution >= 4 is 5.97 Å². The molecule has 0 atom stereocenters. The van der Waals surface area contributed by atoms with Crippen LogP contribution in [0.1, 0.15) is 76.7 Å². The smallest absolute Gasteiger partial charge is 0.346 e. The van der Waals surface area contributed by atoms with Gasteiger partial charge in [-0.1, -0.05) is 51.9 Å². The number of carbonyl (C=O) groups is 1. The van der Waals surface area contributed by atoms with Crippen LogP contribution >= 0.6 is 0 Å². The van der Waals surface area contributed by atoms with Gasteiger partial charge in [0.2, 0.25) is 0 Å². The molecule has 0 fully saturated rings. The van der Waals surface area contributed by atoms with Crippen LogP contribution in [0.25, 0.3) is 0 Å². The van der Waals surface area contributed by atoms with Crippen LogP contribution in [0, 0.1) is 6.92 Å². The highest BCUT2D eigenvalue weighted by molar-refractivity contribution is 5.64. The summed E-state index contributed by atoms with van der Waals surface area (Å²) in [6.45, 7) is 7.40. The van der Waals surface area contributed by atoms with Gasteiger partial charge in [-0.05, 0) is 13.3 Å². The van der Waals surface area contributed by atoms with Crippen molar-refractivity contribution in [2.45, 2.75) is 91.6 Å². The molecule has 1 rings (SSSR count). The summed E-state index contributed by atoms with van der Waals surface area (Å²) in [5, 5.41) is 9.05. The maximum Gasteiger partial charge on any atom is 0.346 e. The van der Waals surface area contributed by atoms with Gasteiger partial charge in [0.25, 0.3) is 5.82 Å². The molecule has 0 amide bonds. The highest BCUT2D eigenvalue weighted by Crippen LogP contribution is 2.11. The first-order valence-electron chi connectivity index (χ1n) is 8.90. The zero-order chi connectivity index (χ0) is 16.4. The van der Waals surface area contributed by atoms with Crippen molar-refractivity contribution in [1.29, 1.82) is 0 Å². The SMILES string of the molecule is CCCCCCCCCCc1n(CC)c(C)c[n+]1CC(=O)O. The van der Waals surface area contributed by atoms with Crippen LogP contribution < -0.4 is 4.57 Å². The van der Waals surface area contributed by atoms with Crippen LogP contribution in [0.3, 0.4) is 0 Å². The van der Waals surface area contributed by atoms with Gasteiger partial charge in [-0.15, -0.1) is 0 Å². The van der Waals surface area contributed by atoms with E-state index in [2.05, 4.69) is 25.3 Å². The van der Waals surface area contributed by atoms with Gasteiger partial charge in [0.1, 0.15) is 11.9 Å². The first-order chi connectivity index (χ1) is 10.6. The van der Waals surface area contributed by atoms with Crippen LogP contribution in [0.5, 0.6) is 0 Å². The number of aliphatic carboxylic acids is 1. The fourth-order valence-electron chi connectivity index (χ4n) is 3.14. The molecule has 22 heavy (non-hydrogen) atoms. The fourth-order valence-corrected chi connectivity index (χ4v) is 3.14. The normalized spacial score (nSPS) is 11.0. The summed E-state index contributed by atoms with van der Waals surface area (Å²) < 4.78 is 4.15. The van der Waals surface area contributed by atoms with E-state index in [-0.39, 0.29) is 6.54 Å². The molecule has 4 heteroatoms. The standard InChI is InChI=1S/C18H32N2O2/c1-4-6-7-8-9-10-11-12-13-17-19(15-18(21)22)14-16(3)20(17)5-2/h14H,4-13,15H2,1-3H3/p+1. The van der Waals surface area contributed by atoms with Gasteiger partial charge in [-0.2, -0.15) is 0 Å². The number of carboxylic acids is 1. The molecule has 1 aromatic rings. The molecule has 0 aliphatic rings. The molecule has 0 aliphatic heterocycles. The van der Waals surface area contributed by atoms with Gasteiger partial charge in [-0.3, -0.25) is 0 Å². The van der Waals surface area contributed by atoms with Crippen molar-refractivity contribution in [1.82, 2.24) is 4.57 Å². The summed E-state index contributed by atoms with van der Waals surface area (Å²) >= 11 is 0. The molecule has 0 spiro atoms. The molecule has 126 valence electrons. The lowest BCUT2D eigenvalue weighted by Crippen LogP contribution is -2.40. The molecule has 0 bridgehead atoms. The summed E-state index contributed by atoms with van der Waals surface area (Å²) in [5.74, 6) is 0.392. The van der Waals surface area contributed by atoms with Crippen LogP contribution in [0.15, 0.2) is 6.20 Å². The van der Waals surface area contributed by atoms with E-state index in [1.807, 2.05) is 10.8 Å². The number of hydrogen-bond acceptors (Lipinski definition) is 1. The fraction of sp³-hybridized carbons (Fsp3) is 0.778. The molecule has 4 nitrogen and oxygen atoms in total. The van der Waals surface area contributed by atoms with E-state index in [4.69, 9.17) is 5.11 Å². The largest absolute Gasteiger partial charge is 0.478 e. The summed E-state index contributed by atoms with van der Waals surface area (Å²) in [4.78, 5) is 11.0. The van der Waals surface area contributed by atoms with E-state index in [1.165, 1.54) is 44.9 Å². The van der Waals surface area contributed by atoms with Crippen LogP contribution in [-0.2, 0) is 24.3 Å². The Hall–Kier alpha value is -1.32. The molecule has 0 unspecified atom stereocenters. The molecule has 0 aliphatic carbocycles. The molecule has 1 heterocycles. The quantitative estimate of drug-likeness (QED) is 0.470. The highest BCUT2D eigenvalue weighted by Gasteiger charge is 2.20. The number of rotatable bonds is 12. The zero-order valence-electron chi connectivity index (χ0n) is 14.6. The van der Waals surface area contributed by atoms with Gasteiger partial charge < -0.3 is 5.11 Å². The van der Waals surface area contributed by atoms with Gasteiger partial charge >= 0.3 is 5.97 Å². The summed E-state index contributed by atoms with van der Waals surface area (Å²) in [6, 6.07) is 0. The number of aryl methyl sites for hydroxylation is 1. The Bertz CT molecular complexity index is 452. The van der Waals surface area contributed by atoms with Gasteiger partial charge in [0.15, 0.2) is 6.54 Å². The molecule has 1 aromatic heterocycles. The summed E-state index contributed by atoms with van der Waals surface area (Å²) in [5.41, 5.74) is 1.15. The average Bonchev–Trinajstić information content (AvgIpc) is 2.76. The Kier molecular flexibility index (Phi) is 8.86. The first-order valence-corrected chi connectivity index (χ1v) is 8.90. The van der Waals surface area contributed by atoms with E-state index in [9.17, 15) is 4.79 Å². The third-order valence-electron chi connectivity index (χ3n) is 4.29. The van der Waals surface area contributed by atoms with Crippen LogP contribution in [0.4, 0.5) is 0 Å². The number of aromatic nitrogens is 2. The number of carboxylic acid groups (broad SMARTS) is 1. The molecular weight excluding hydrogens is 276 g/mol. The topological polar surface area (TPSA) is 46.1 Å². The predicted octanol–water partition coefficient (Wildman–Crippen LogP) is 3.87. The lowest BCUT2D eigenvalue weighted by molar-refractivity contribution is -0.693. The predicted molar refractivity (Wildman–Crippen MR) is 89.0 cm³/mol. The monoisotopic (exact) mass is 309 g/mol. The van der Waals surface area contributed by atoms with Crippen molar-refractivity contribution in [2.24, 2.45) is 0 Å². The first kappa shape index (κ1) is 18.7. The summed E-state index contributed by atoms with van der Waals surface area (Å²) in [6.07, 6.45) is 13.4. The Balaban J connectivity index is 2.42. The second-order valence-electron chi connectivity index (χ2n) is 6.18. The van der Waals surface area contributed by atoms with E-state index in [0.29, 0.717) is 0 Å². The van der Waals surface area contributed by atoms with Gasteiger partial charge in [0.05, 0.1) is 6.54 Å². The van der Waals surface area contributed by atoms with Crippen molar-refractivity contribution in [3.05, 3.63) is 17.7 Å². The van der Waals surface area contributed by atoms with Crippen molar-refractivity contribution in [3.63, 3.8) is 0 Å². The third-order valence-corrected chi connectivity index (χ3v) is 4.29. The van der Waals surface area contributed by atoms with Crippen molar-refractivity contribution < 1.29 is 14.5 Å². The minimum absolute atomic E-state index is 0.0696. The lowest BCUT2D eigenvalue weighted by Gasteiger charge is -2.04.